The summed E-state index contributed by atoms with van der Waals surface area (Å²) < 4.78 is 5.81. The van der Waals surface area contributed by atoms with Crippen LogP contribution in [0.25, 0.3) is 10.9 Å². The van der Waals surface area contributed by atoms with E-state index in [1.807, 2.05) is 44.2 Å². The fourth-order valence-electron chi connectivity index (χ4n) is 1.92. The fourth-order valence-corrected chi connectivity index (χ4v) is 1.92. The van der Waals surface area contributed by atoms with Crippen LogP contribution in [0.15, 0.2) is 36.5 Å². The Bertz CT molecular complexity index is 496. The van der Waals surface area contributed by atoms with E-state index in [9.17, 15) is 0 Å². The number of pyridine rings is 1. The van der Waals surface area contributed by atoms with E-state index in [2.05, 4.69) is 4.98 Å². The molecule has 0 radical (unpaired) electrons. The molecule has 2 N–H and O–H groups in total. The van der Waals surface area contributed by atoms with Gasteiger partial charge in [-0.3, -0.25) is 4.98 Å². The largest absolute Gasteiger partial charge is 0.491 e. The lowest BCUT2D eigenvalue weighted by Crippen LogP contribution is -2.24. The molecule has 0 amide bonds. The quantitative estimate of drug-likeness (QED) is 0.878. The predicted molar refractivity (Wildman–Crippen MR) is 70.1 cm³/mol. The highest BCUT2D eigenvalue weighted by atomic mass is 16.5. The molecule has 2 unspecified atom stereocenters. The normalized spacial score (nSPS) is 14.5. The first-order chi connectivity index (χ1) is 8.15. The smallest absolute Gasteiger partial charge is 0.121 e. The average Bonchev–Trinajstić information content (AvgIpc) is 2.27. The Balaban J connectivity index is 2.14. The van der Waals surface area contributed by atoms with Crippen molar-refractivity contribution < 1.29 is 4.74 Å². The van der Waals surface area contributed by atoms with E-state index < -0.39 is 0 Å². The zero-order chi connectivity index (χ0) is 12.3. The topological polar surface area (TPSA) is 48.1 Å². The molecule has 1 aromatic heterocycles. The van der Waals surface area contributed by atoms with Crippen molar-refractivity contribution in [3.8, 4) is 5.75 Å². The second kappa shape index (κ2) is 5.15. The summed E-state index contributed by atoms with van der Waals surface area (Å²) in [6.07, 6.45) is 2.76. The number of ether oxygens (including phenoxy) is 1. The second-order valence-corrected chi connectivity index (χ2v) is 4.50. The van der Waals surface area contributed by atoms with Crippen LogP contribution in [0, 0.1) is 0 Å². The molecule has 0 spiro atoms. The van der Waals surface area contributed by atoms with Crippen LogP contribution in [0.1, 0.15) is 20.3 Å². The van der Waals surface area contributed by atoms with Gasteiger partial charge in [0.25, 0.3) is 0 Å². The SMILES string of the molecule is CC(N)CC(C)Oc1ccc2cccnc2c1. The van der Waals surface area contributed by atoms with Crippen molar-refractivity contribution in [2.24, 2.45) is 5.73 Å². The van der Waals surface area contributed by atoms with Gasteiger partial charge < -0.3 is 10.5 Å². The molecule has 0 saturated carbocycles. The first-order valence-electron chi connectivity index (χ1n) is 5.92. The molecular weight excluding hydrogens is 212 g/mol. The molecule has 3 heteroatoms. The van der Waals surface area contributed by atoms with Gasteiger partial charge in [0, 0.05) is 23.7 Å². The van der Waals surface area contributed by atoms with Crippen molar-refractivity contribution in [3.05, 3.63) is 36.5 Å². The second-order valence-electron chi connectivity index (χ2n) is 4.50. The maximum atomic E-state index is 5.81. The van der Waals surface area contributed by atoms with Crippen LogP contribution in [0.4, 0.5) is 0 Å². The zero-order valence-corrected chi connectivity index (χ0v) is 10.3. The predicted octanol–water partition coefficient (Wildman–Crippen LogP) is 2.74. The van der Waals surface area contributed by atoms with Crippen LogP contribution in [0.3, 0.4) is 0 Å². The van der Waals surface area contributed by atoms with Gasteiger partial charge in [-0.1, -0.05) is 6.07 Å². The molecule has 1 heterocycles. The molecular formula is C14H18N2O. The lowest BCUT2D eigenvalue weighted by molar-refractivity contribution is 0.203. The van der Waals surface area contributed by atoms with E-state index in [0.29, 0.717) is 0 Å². The van der Waals surface area contributed by atoms with E-state index in [4.69, 9.17) is 10.5 Å². The Hall–Kier alpha value is -1.61. The molecule has 90 valence electrons. The number of benzene rings is 1. The summed E-state index contributed by atoms with van der Waals surface area (Å²) in [6, 6.07) is 10.1. The number of fused-ring (bicyclic) bond motifs is 1. The van der Waals surface area contributed by atoms with Crippen LogP contribution in [0.2, 0.25) is 0 Å². The Kier molecular flexibility index (Phi) is 3.59. The highest BCUT2D eigenvalue weighted by molar-refractivity contribution is 5.79. The summed E-state index contributed by atoms with van der Waals surface area (Å²) in [4.78, 5) is 4.31. The maximum absolute atomic E-state index is 5.81. The number of hydrogen-bond acceptors (Lipinski definition) is 3. The van der Waals surface area contributed by atoms with E-state index in [0.717, 1.165) is 23.1 Å². The monoisotopic (exact) mass is 230 g/mol. The van der Waals surface area contributed by atoms with Crippen molar-refractivity contribution in [2.75, 3.05) is 0 Å². The number of aromatic nitrogens is 1. The van der Waals surface area contributed by atoms with E-state index >= 15 is 0 Å². The Labute approximate surface area is 102 Å². The van der Waals surface area contributed by atoms with E-state index in [1.54, 1.807) is 6.20 Å². The fraction of sp³-hybridized carbons (Fsp3) is 0.357. The van der Waals surface area contributed by atoms with Gasteiger partial charge in [0.1, 0.15) is 5.75 Å². The number of nitrogens with two attached hydrogens (primary N) is 1. The molecule has 2 atom stereocenters. The third kappa shape index (κ3) is 3.17. The molecule has 0 saturated heterocycles. The molecule has 1 aromatic carbocycles. The first kappa shape index (κ1) is 11.9. The van der Waals surface area contributed by atoms with Crippen molar-refractivity contribution in [2.45, 2.75) is 32.4 Å². The lowest BCUT2D eigenvalue weighted by Gasteiger charge is -2.16. The van der Waals surface area contributed by atoms with Gasteiger partial charge in [-0.05, 0) is 38.5 Å². The van der Waals surface area contributed by atoms with E-state index in [1.165, 1.54) is 0 Å². The summed E-state index contributed by atoms with van der Waals surface area (Å²) in [5.41, 5.74) is 6.70. The Morgan fingerprint density at radius 1 is 1.29 bits per heavy atom. The van der Waals surface area contributed by atoms with Crippen LogP contribution in [-0.4, -0.2) is 17.1 Å². The molecule has 0 aliphatic heterocycles. The summed E-state index contributed by atoms with van der Waals surface area (Å²) in [7, 11) is 0. The van der Waals surface area contributed by atoms with Gasteiger partial charge in [0.15, 0.2) is 0 Å². The van der Waals surface area contributed by atoms with Gasteiger partial charge in [0.05, 0.1) is 11.6 Å². The van der Waals surface area contributed by atoms with Gasteiger partial charge in [-0.25, -0.2) is 0 Å². The van der Waals surface area contributed by atoms with Gasteiger partial charge in [-0.2, -0.15) is 0 Å². The highest BCUT2D eigenvalue weighted by Crippen LogP contribution is 2.20. The zero-order valence-electron chi connectivity index (χ0n) is 10.3. The van der Waals surface area contributed by atoms with Crippen molar-refractivity contribution in [1.29, 1.82) is 0 Å². The summed E-state index contributed by atoms with van der Waals surface area (Å²) >= 11 is 0. The Morgan fingerprint density at radius 2 is 2.12 bits per heavy atom. The van der Waals surface area contributed by atoms with Crippen molar-refractivity contribution in [1.82, 2.24) is 4.98 Å². The minimum Gasteiger partial charge on any atom is -0.491 e. The lowest BCUT2D eigenvalue weighted by atomic mass is 10.1. The van der Waals surface area contributed by atoms with Gasteiger partial charge in [0.2, 0.25) is 0 Å². The average molecular weight is 230 g/mol. The van der Waals surface area contributed by atoms with Crippen LogP contribution in [-0.2, 0) is 0 Å². The number of hydrogen-bond donors (Lipinski definition) is 1. The minimum absolute atomic E-state index is 0.121. The van der Waals surface area contributed by atoms with Crippen LogP contribution < -0.4 is 10.5 Å². The van der Waals surface area contributed by atoms with Crippen molar-refractivity contribution >= 4 is 10.9 Å². The van der Waals surface area contributed by atoms with E-state index in [-0.39, 0.29) is 12.1 Å². The first-order valence-corrected chi connectivity index (χ1v) is 5.92. The molecule has 2 rings (SSSR count). The van der Waals surface area contributed by atoms with Gasteiger partial charge >= 0.3 is 0 Å². The third-order valence-electron chi connectivity index (χ3n) is 2.62. The van der Waals surface area contributed by atoms with Crippen molar-refractivity contribution in [3.63, 3.8) is 0 Å². The molecule has 0 aliphatic rings. The number of nitrogens with zero attached hydrogens (tertiary/aromatic N) is 1. The minimum atomic E-state index is 0.121. The van der Waals surface area contributed by atoms with Gasteiger partial charge in [-0.15, -0.1) is 0 Å². The van der Waals surface area contributed by atoms with Crippen LogP contribution in [0.5, 0.6) is 5.75 Å². The Morgan fingerprint density at radius 3 is 2.88 bits per heavy atom. The molecule has 3 nitrogen and oxygen atoms in total. The molecule has 2 aromatic rings. The molecule has 0 bridgehead atoms. The summed E-state index contributed by atoms with van der Waals surface area (Å²) in [5, 5.41) is 1.12. The molecule has 0 fully saturated rings. The number of rotatable bonds is 4. The maximum Gasteiger partial charge on any atom is 0.121 e. The summed E-state index contributed by atoms with van der Waals surface area (Å²) in [5.74, 6) is 0.851. The molecule has 17 heavy (non-hydrogen) atoms. The summed E-state index contributed by atoms with van der Waals surface area (Å²) in [6.45, 7) is 4.02. The highest BCUT2D eigenvalue weighted by Gasteiger charge is 2.07. The third-order valence-corrected chi connectivity index (χ3v) is 2.62. The standard InChI is InChI=1S/C14H18N2O/c1-10(15)8-11(2)17-13-6-5-12-4-3-7-16-14(12)9-13/h3-7,9-11H,8,15H2,1-2H3. The molecule has 0 aliphatic carbocycles. The van der Waals surface area contributed by atoms with Crippen LogP contribution >= 0.6 is 0 Å².